The molecule has 0 saturated carbocycles. The fraction of sp³-hybridized carbons (Fsp3) is 0.381. The predicted octanol–water partition coefficient (Wildman–Crippen LogP) is 4.50. The molecule has 2 aromatic heterocycles. The number of carbonyl (C=O) groups excluding carboxylic acids is 1. The van der Waals surface area contributed by atoms with E-state index in [1.807, 2.05) is 31.2 Å². The number of ether oxygens (including phenoxy) is 1. The highest BCUT2D eigenvalue weighted by molar-refractivity contribution is 7.22. The van der Waals surface area contributed by atoms with Crippen LogP contribution in [-0.2, 0) is 0 Å². The highest BCUT2D eigenvalue weighted by Gasteiger charge is 2.20. The zero-order chi connectivity index (χ0) is 19.7. The SMILES string of the molecule is COc1cc2nc(N3CCC(C)CC3)sc2cc1NC(=O)c1cccc(C)n1. The van der Waals surface area contributed by atoms with Gasteiger partial charge in [0.05, 0.1) is 23.0 Å². The van der Waals surface area contributed by atoms with Gasteiger partial charge in [-0.25, -0.2) is 9.97 Å². The minimum absolute atomic E-state index is 0.254. The second-order valence-corrected chi connectivity index (χ2v) is 8.31. The first-order chi connectivity index (χ1) is 13.5. The number of anilines is 2. The molecule has 1 amide bonds. The minimum atomic E-state index is -0.254. The smallest absolute Gasteiger partial charge is 0.274 e. The topological polar surface area (TPSA) is 67.3 Å². The van der Waals surface area contributed by atoms with E-state index in [2.05, 4.69) is 22.1 Å². The summed E-state index contributed by atoms with van der Waals surface area (Å²) in [5, 5.41) is 3.97. The molecule has 7 heteroatoms. The van der Waals surface area contributed by atoms with Crippen LogP contribution in [0.2, 0.25) is 0 Å². The molecule has 4 rings (SSSR count). The number of fused-ring (bicyclic) bond motifs is 1. The molecule has 1 N–H and O–H groups in total. The molecule has 1 saturated heterocycles. The van der Waals surface area contributed by atoms with Crippen LogP contribution < -0.4 is 15.0 Å². The van der Waals surface area contributed by atoms with E-state index < -0.39 is 0 Å². The molecule has 3 aromatic rings. The second kappa shape index (κ2) is 7.75. The first-order valence-electron chi connectivity index (χ1n) is 9.52. The van der Waals surface area contributed by atoms with Crippen LogP contribution >= 0.6 is 11.3 Å². The quantitative estimate of drug-likeness (QED) is 0.703. The van der Waals surface area contributed by atoms with Crippen molar-refractivity contribution in [3.05, 3.63) is 41.7 Å². The number of nitrogens with zero attached hydrogens (tertiary/aromatic N) is 3. The molecule has 0 atom stereocenters. The molecule has 28 heavy (non-hydrogen) atoms. The van der Waals surface area contributed by atoms with Crippen LogP contribution in [0.15, 0.2) is 30.3 Å². The number of aromatic nitrogens is 2. The average Bonchev–Trinajstić information content (AvgIpc) is 3.10. The molecular formula is C21H24N4O2S. The maximum absolute atomic E-state index is 12.6. The summed E-state index contributed by atoms with van der Waals surface area (Å²) < 4.78 is 6.53. The van der Waals surface area contributed by atoms with Crippen LogP contribution in [0.4, 0.5) is 10.8 Å². The lowest BCUT2D eigenvalue weighted by Crippen LogP contribution is -2.32. The molecule has 0 spiro atoms. The van der Waals surface area contributed by atoms with Crippen LogP contribution in [0.5, 0.6) is 5.75 Å². The Labute approximate surface area is 168 Å². The van der Waals surface area contributed by atoms with Crippen LogP contribution in [0.3, 0.4) is 0 Å². The number of aryl methyl sites for hydroxylation is 1. The zero-order valence-corrected chi connectivity index (χ0v) is 17.2. The maximum atomic E-state index is 12.6. The Morgan fingerprint density at radius 1 is 1.25 bits per heavy atom. The third kappa shape index (κ3) is 3.80. The number of piperidine rings is 1. The Balaban J connectivity index is 1.62. The predicted molar refractivity (Wildman–Crippen MR) is 114 cm³/mol. The van der Waals surface area contributed by atoms with Gasteiger partial charge in [0.25, 0.3) is 5.91 Å². The molecule has 1 fully saturated rings. The number of hydrogen-bond donors (Lipinski definition) is 1. The third-order valence-electron chi connectivity index (χ3n) is 5.12. The van der Waals surface area contributed by atoms with Gasteiger partial charge in [-0.1, -0.05) is 24.3 Å². The highest BCUT2D eigenvalue weighted by atomic mass is 32.1. The second-order valence-electron chi connectivity index (χ2n) is 7.30. The molecule has 0 radical (unpaired) electrons. The number of pyridine rings is 1. The Bertz CT molecular complexity index is 1010. The van der Waals surface area contributed by atoms with Gasteiger partial charge in [-0.3, -0.25) is 4.79 Å². The van der Waals surface area contributed by atoms with E-state index in [4.69, 9.17) is 9.72 Å². The monoisotopic (exact) mass is 396 g/mol. The number of rotatable bonds is 4. The van der Waals surface area contributed by atoms with Crippen LogP contribution in [0.25, 0.3) is 10.2 Å². The molecular weight excluding hydrogens is 372 g/mol. The number of hydrogen-bond acceptors (Lipinski definition) is 6. The number of carbonyl (C=O) groups is 1. The Hall–Kier alpha value is -2.67. The van der Waals surface area contributed by atoms with E-state index in [-0.39, 0.29) is 5.91 Å². The summed E-state index contributed by atoms with van der Waals surface area (Å²) in [6.45, 7) is 6.25. The highest BCUT2D eigenvalue weighted by Crippen LogP contribution is 2.37. The van der Waals surface area contributed by atoms with E-state index in [1.165, 1.54) is 12.8 Å². The maximum Gasteiger partial charge on any atom is 0.274 e. The Morgan fingerprint density at radius 2 is 2.04 bits per heavy atom. The van der Waals surface area contributed by atoms with Crippen molar-refractivity contribution in [1.82, 2.24) is 9.97 Å². The molecule has 1 aromatic carbocycles. The van der Waals surface area contributed by atoms with Gasteiger partial charge in [-0.15, -0.1) is 0 Å². The fourth-order valence-electron chi connectivity index (χ4n) is 3.40. The van der Waals surface area contributed by atoms with Gasteiger partial charge in [0.15, 0.2) is 5.13 Å². The molecule has 0 aliphatic carbocycles. The van der Waals surface area contributed by atoms with Crippen molar-refractivity contribution in [3.8, 4) is 5.75 Å². The summed E-state index contributed by atoms with van der Waals surface area (Å²) in [7, 11) is 1.60. The summed E-state index contributed by atoms with van der Waals surface area (Å²) in [4.78, 5) is 24.0. The standard InChI is InChI=1S/C21H24N4O2S/c1-13-7-9-25(10-8-13)21-24-17-11-18(27-3)16(12-19(17)28-21)23-20(26)15-6-4-5-14(2)22-15/h4-6,11-13H,7-10H2,1-3H3,(H,23,26). The first-order valence-corrected chi connectivity index (χ1v) is 10.3. The number of methoxy groups -OCH3 is 1. The summed E-state index contributed by atoms with van der Waals surface area (Å²) >= 11 is 1.66. The molecule has 1 aliphatic heterocycles. The van der Waals surface area contributed by atoms with Crippen molar-refractivity contribution >= 4 is 38.3 Å². The lowest BCUT2D eigenvalue weighted by atomic mass is 10.00. The van der Waals surface area contributed by atoms with Crippen molar-refractivity contribution in [2.45, 2.75) is 26.7 Å². The molecule has 0 bridgehead atoms. The molecule has 0 unspecified atom stereocenters. The van der Waals surface area contributed by atoms with Crippen molar-refractivity contribution < 1.29 is 9.53 Å². The summed E-state index contributed by atoms with van der Waals surface area (Å²) in [6.07, 6.45) is 2.40. The van der Waals surface area contributed by atoms with Crippen LogP contribution in [0, 0.1) is 12.8 Å². The Kier molecular flexibility index (Phi) is 5.17. The largest absolute Gasteiger partial charge is 0.494 e. The van der Waals surface area contributed by atoms with E-state index in [9.17, 15) is 4.79 Å². The van der Waals surface area contributed by atoms with Crippen molar-refractivity contribution in [3.63, 3.8) is 0 Å². The lowest BCUT2D eigenvalue weighted by Gasteiger charge is -2.29. The van der Waals surface area contributed by atoms with Gasteiger partial charge < -0.3 is 15.0 Å². The summed E-state index contributed by atoms with van der Waals surface area (Å²) in [5.41, 5.74) is 2.71. The van der Waals surface area contributed by atoms with Crippen molar-refractivity contribution in [2.75, 3.05) is 30.4 Å². The summed E-state index contributed by atoms with van der Waals surface area (Å²) in [6, 6.07) is 9.22. The molecule has 3 heterocycles. The lowest BCUT2D eigenvalue weighted by molar-refractivity contribution is 0.102. The van der Waals surface area contributed by atoms with Gasteiger partial charge in [0.1, 0.15) is 11.4 Å². The van der Waals surface area contributed by atoms with Gasteiger partial charge in [0.2, 0.25) is 0 Å². The molecule has 1 aliphatic rings. The van der Waals surface area contributed by atoms with Gasteiger partial charge >= 0.3 is 0 Å². The van der Waals surface area contributed by atoms with E-state index >= 15 is 0 Å². The fourth-order valence-corrected chi connectivity index (χ4v) is 4.44. The van der Waals surface area contributed by atoms with Crippen LogP contribution in [-0.4, -0.2) is 36.1 Å². The van der Waals surface area contributed by atoms with E-state index in [0.29, 0.717) is 17.1 Å². The van der Waals surface area contributed by atoms with Gasteiger partial charge in [-0.2, -0.15) is 0 Å². The molecule has 146 valence electrons. The average molecular weight is 397 g/mol. The van der Waals surface area contributed by atoms with Gasteiger partial charge in [0, 0.05) is 24.8 Å². The van der Waals surface area contributed by atoms with E-state index in [1.54, 1.807) is 24.5 Å². The summed E-state index contributed by atoms with van der Waals surface area (Å²) in [5.74, 6) is 1.12. The van der Waals surface area contributed by atoms with Crippen LogP contribution in [0.1, 0.15) is 35.9 Å². The van der Waals surface area contributed by atoms with Gasteiger partial charge in [-0.05, 0) is 43.9 Å². The molecule has 6 nitrogen and oxygen atoms in total. The number of nitrogens with one attached hydrogen (secondary N) is 1. The normalized spacial score (nSPS) is 15.0. The number of benzene rings is 1. The first kappa shape index (κ1) is 18.7. The Morgan fingerprint density at radius 3 is 2.75 bits per heavy atom. The van der Waals surface area contributed by atoms with Crippen molar-refractivity contribution in [1.29, 1.82) is 0 Å². The number of amides is 1. The minimum Gasteiger partial charge on any atom is -0.494 e. The zero-order valence-electron chi connectivity index (χ0n) is 16.4. The third-order valence-corrected chi connectivity index (χ3v) is 6.20. The van der Waals surface area contributed by atoms with Crippen molar-refractivity contribution in [2.24, 2.45) is 5.92 Å². The number of thiazole rings is 1. The van der Waals surface area contributed by atoms with E-state index in [0.717, 1.165) is 40.0 Å².